The van der Waals surface area contributed by atoms with Crippen molar-refractivity contribution in [1.82, 2.24) is 9.97 Å². The zero-order valence-corrected chi connectivity index (χ0v) is 11.1. The number of nitrogens with one attached hydrogen (secondary N) is 1. The Kier molecular flexibility index (Phi) is 4.28. The molecule has 1 atom stereocenters. The number of hydrogen-bond donors (Lipinski definition) is 2. The van der Waals surface area contributed by atoms with Crippen LogP contribution < -0.4 is 10.1 Å². The summed E-state index contributed by atoms with van der Waals surface area (Å²) in [6.45, 7) is 9.37. The number of nitrogens with zero attached hydrogens (tertiary/aromatic N) is 2. The van der Waals surface area contributed by atoms with E-state index in [1.165, 1.54) is 0 Å². The molecule has 96 valence electrons. The molecule has 1 unspecified atom stereocenters. The van der Waals surface area contributed by atoms with E-state index in [1.807, 2.05) is 27.7 Å². The molecule has 5 heteroatoms. The number of hydrogen-bond acceptors (Lipinski definition) is 5. The minimum absolute atomic E-state index is 0.0718. The second-order valence-corrected chi connectivity index (χ2v) is 4.91. The lowest BCUT2D eigenvalue weighted by Crippen LogP contribution is -2.42. The van der Waals surface area contributed by atoms with Crippen LogP contribution >= 0.6 is 0 Å². The van der Waals surface area contributed by atoms with Crippen molar-refractivity contribution in [2.75, 3.05) is 5.32 Å². The van der Waals surface area contributed by atoms with E-state index in [4.69, 9.17) is 4.74 Å². The highest BCUT2D eigenvalue weighted by Crippen LogP contribution is 2.17. The van der Waals surface area contributed by atoms with Crippen LogP contribution in [0.1, 0.15) is 34.6 Å². The van der Waals surface area contributed by atoms with Gasteiger partial charge in [-0.1, -0.05) is 0 Å². The van der Waals surface area contributed by atoms with E-state index in [9.17, 15) is 5.11 Å². The van der Waals surface area contributed by atoms with E-state index in [0.29, 0.717) is 11.8 Å². The lowest BCUT2D eigenvalue weighted by molar-refractivity contribution is 0.132. The molecule has 0 saturated heterocycles. The predicted octanol–water partition coefficient (Wildman–Crippen LogP) is 1.84. The summed E-state index contributed by atoms with van der Waals surface area (Å²) < 4.78 is 5.48. The maximum atomic E-state index is 9.61. The third-order valence-electron chi connectivity index (χ3n) is 2.46. The van der Waals surface area contributed by atoms with E-state index >= 15 is 0 Å². The maximum absolute atomic E-state index is 9.61. The van der Waals surface area contributed by atoms with Gasteiger partial charge < -0.3 is 15.2 Å². The molecule has 0 aliphatic rings. The molecule has 0 spiro atoms. The van der Waals surface area contributed by atoms with E-state index < -0.39 is 11.6 Å². The highest BCUT2D eigenvalue weighted by molar-refractivity contribution is 5.31. The van der Waals surface area contributed by atoms with Crippen LogP contribution in [-0.4, -0.2) is 32.8 Å². The van der Waals surface area contributed by atoms with E-state index in [2.05, 4.69) is 15.3 Å². The third-order valence-corrected chi connectivity index (χ3v) is 2.46. The molecule has 1 rings (SSSR count). The van der Waals surface area contributed by atoms with Gasteiger partial charge in [0.1, 0.15) is 0 Å². The minimum atomic E-state index is -0.513. The number of rotatable bonds is 5. The fourth-order valence-corrected chi connectivity index (χ4v) is 1.10. The van der Waals surface area contributed by atoms with E-state index in [1.54, 1.807) is 19.2 Å². The molecular weight excluding hydrogens is 218 g/mol. The zero-order valence-electron chi connectivity index (χ0n) is 11.1. The molecule has 5 nitrogen and oxygen atoms in total. The Morgan fingerprint density at radius 3 is 2.53 bits per heavy atom. The Bertz CT molecular complexity index is 365. The molecule has 1 aromatic heterocycles. The van der Waals surface area contributed by atoms with E-state index in [0.717, 1.165) is 0 Å². The van der Waals surface area contributed by atoms with Crippen LogP contribution in [0, 0.1) is 0 Å². The van der Waals surface area contributed by atoms with Crippen LogP contribution in [0.25, 0.3) is 0 Å². The van der Waals surface area contributed by atoms with Crippen molar-refractivity contribution in [3.63, 3.8) is 0 Å². The number of anilines is 1. The molecule has 0 aliphatic heterocycles. The first-order chi connectivity index (χ1) is 7.81. The Hall–Kier alpha value is -1.36. The second kappa shape index (κ2) is 5.31. The average molecular weight is 239 g/mol. The largest absolute Gasteiger partial charge is 0.475 e. The quantitative estimate of drug-likeness (QED) is 0.820. The highest BCUT2D eigenvalue weighted by atomic mass is 16.5. The Morgan fingerprint density at radius 2 is 2.00 bits per heavy atom. The molecule has 0 bridgehead atoms. The monoisotopic (exact) mass is 239 g/mol. The molecule has 0 radical (unpaired) electrons. The van der Waals surface area contributed by atoms with E-state index in [-0.39, 0.29) is 6.10 Å². The van der Waals surface area contributed by atoms with Gasteiger partial charge in [-0.15, -0.1) is 0 Å². The van der Waals surface area contributed by atoms with Crippen molar-refractivity contribution in [2.45, 2.75) is 52.4 Å². The molecule has 0 aromatic carbocycles. The van der Waals surface area contributed by atoms with Gasteiger partial charge in [0.25, 0.3) is 0 Å². The molecule has 2 N–H and O–H groups in total. The van der Waals surface area contributed by atoms with Gasteiger partial charge in [0, 0.05) is 12.3 Å². The van der Waals surface area contributed by atoms with Crippen LogP contribution in [0.3, 0.4) is 0 Å². The smallest absolute Gasteiger partial charge is 0.226 e. The molecule has 0 saturated carbocycles. The SMILES string of the molecule is CC(C)Oc1ccnc(NC(C)(C)C(C)O)n1. The molecule has 0 amide bonds. The molecule has 17 heavy (non-hydrogen) atoms. The van der Waals surface area contributed by atoms with Crippen LogP contribution in [0.2, 0.25) is 0 Å². The summed E-state index contributed by atoms with van der Waals surface area (Å²) in [7, 11) is 0. The third kappa shape index (κ3) is 4.19. The average Bonchev–Trinajstić information content (AvgIpc) is 2.15. The number of aliphatic hydroxyl groups excluding tert-OH is 1. The van der Waals surface area contributed by atoms with Crippen molar-refractivity contribution in [3.8, 4) is 5.88 Å². The van der Waals surface area contributed by atoms with Crippen molar-refractivity contribution in [1.29, 1.82) is 0 Å². The fourth-order valence-electron chi connectivity index (χ4n) is 1.10. The standard InChI is InChI=1S/C12H21N3O2/c1-8(2)17-10-6-7-13-11(14-10)15-12(4,5)9(3)16/h6-9,16H,1-5H3,(H,13,14,15). The summed E-state index contributed by atoms with van der Waals surface area (Å²) in [5, 5.41) is 12.7. The van der Waals surface area contributed by atoms with Gasteiger partial charge in [0.15, 0.2) is 0 Å². The van der Waals surface area contributed by atoms with Gasteiger partial charge >= 0.3 is 0 Å². The molecule has 1 heterocycles. The van der Waals surface area contributed by atoms with Crippen LogP contribution in [0.4, 0.5) is 5.95 Å². The first kappa shape index (κ1) is 13.7. The van der Waals surface area contributed by atoms with Crippen molar-refractivity contribution in [3.05, 3.63) is 12.3 Å². The van der Waals surface area contributed by atoms with Crippen LogP contribution in [0.5, 0.6) is 5.88 Å². The predicted molar refractivity (Wildman–Crippen MR) is 67.2 cm³/mol. The van der Waals surface area contributed by atoms with Crippen LogP contribution in [-0.2, 0) is 0 Å². The zero-order chi connectivity index (χ0) is 13.1. The number of aliphatic hydroxyl groups is 1. The summed E-state index contributed by atoms with van der Waals surface area (Å²) in [6, 6.07) is 1.71. The summed E-state index contributed by atoms with van der Waals surface area (Å²) in [5.41, 5.74) is -0.490. The van der Waals surface area contributed by atoms with Crippen molar-refractivity contribution < 1.29 is 9.84 Å². The fraction of sp³-hybridized carbons (Fsp3) is 0.667. The van der Waals surface area contributed by atoms with Gasteiger partial charge in [0.05, 0.1) is 17.7 Å². The summed E-state index contributed by atoms with van der Waals surface area (Å²) in [6.07, 6.45) is 1.19. The summed E-state index contributed by atoms with van der Waals surface area (Å²) in [5.74, 6) is 0.980. The first-order valence-electron chi connectivity index (χ1n) is 5.77. The lowest BCUT2D eigenvalue weighted by Gasteiger charge is -2.29. The Balaban J connectivity index is 2.78. The highest BCUT2D eigenvalue weighted by Gasteiger charge is 2.24. The van der Waals surface area contributed by atoms with Gasteiger partial charge in [0.2, 0.25) is 11.8 Å². The van der Waals surface area contributed by atoms with Crippen molar-refractivity contribution in [2.24, 2.45) is 0 Å². The topological polar surface area (TPSA) is 67.3 Å². The molecule has 1 aromatic rings. The summed E-state index contributed by atoms with van der Waals surface area (Å²) in [4.78, 5) is 8.33. The number of ether oxygens (including phenoxy) is 1. The van der Waals surface area contributed by atoms with Gasteiger partial charge in [-0.05, 0) is 34.6 Å². The molecule has 0 fully saturated rings. The van der Waals surface area contributed by atoms with Crippen LogP contribution in [0.15, 0.2) is 12.3 Å². The Morgan fingerprint density at radius 1 is 1.35 bits per heavy atom. The van der Waals surface area contributed by atoms with Gasteiger partial charge in [-0.25, -0.2) is 4.98 Å². The normalized spacial score (nSPS) is 13.6. The maximum Gasteiger partial charge on any atom is 0.226 e. The van der Waals surface area contributed by atoms with Gasteiger partial charge in [-0.2, -0.15) is 4.98 Å². The molecule has 0 aliphatic carbocycles. The molecular formula is C12H21N3O2. The first-order valence-corrected chi connectivity index (χ1v) is 5.77. The second-order valence-electron chi connectivity index (χ2n) is 4.91. The Labute approximate surface area is 102 Å². The lowest BCUT2D eigenvalue weighted by atomic mass is 9.99. The summed E-state index contributed by atoms with van der Waals surface area (Å²) >= 11 is 0. The van der Waals surface area contributed by atoms with Crippen molar-refractivity contribution >= 4 is 5.95 Å². The minimum Gasteiger partial charge on any atom is -0.475 e. The number of aromatic nitrogens is 2. The van der Waals surface area contributed by atoms with Gasteiger partial charge in [-0.3, -0.25) is 0 Å².